The Morgan fingerprint density at radius 3 is 2.90 bits per heavy atom. The predicted molar refractivity (Wildman–Crippen MR) is 77.2 cm³/mol. The zero-order valence-corrected chi connectivity index (χ0v) is 11.8. The van der Waals surface area contributed by atoms with Gasteiger partial charge in [-0.15, -0.1) is 0 Å². The molecule has 1 rings (SSSR count). The van der Waals surface area contributed by atoms with E-state index in [-0.39, 0.29) is 12.5 Å². The van der Waals surface area contributed by atoms with E-state index in [2.05, 4.69) is 17.6 Å². The van der Waals surface area contributed by atoms with Crippen LogP contribution in [0.4, 0.5) is 0 Å². The van der Waals surface area contributed by atoms with Gasteiger partial charge in [0.2, 0.25) is 0 Å². The molecule has 5 nitrogen and oxygen atoms in total. The van der Waals surface area contributed by atoms with E-state index in [1.165, 1.54) is 0 Å². The molecule has 108 valence electrons. The minimum atomic E-state index is -0.212. The van der Waals surface area contributed by atoms with Gasteiger partial charge in [-0.05, 0) is 19.0 Å². The molecule has 5 heteroatoms. The number of hydrogen-bond acceptors (Lipinski definition) is 4. The Labute approximate surface area is 119 Å². The third-order valence-corrected chi connectivity index (χ3v) is 2.63. The van der Waals surface area contributed by atoms with E-state index in [4.69, 9.17) is 10.00 Å². The van der Waals surface area contributed by atoms with Crippen molar-refractivity contribution in [1.29, 1.82) is 5.26 Å². The van der Waals surface area contributed by atoms with Gasteiger partial charge in [-0.2, -0.15) is 5.26 Å². The summed E-state index contributed by atoms with van der Waals surface area (Å²) < 4.78 is 5.53. The van der Waals surface area contributed by atoms with Crippen LogP contribution in [-0.2, 0) is 11.3 Å². The number of amides is 1. The summed E-state index contributed by atoms with van der Waals surface area (Å²) in [5.74, 6) is 0.503. The Morgan fingerprint density at radius 1 is 1.35 bits per heavy atom. The molecule has 0 aromatic heterocycles. The Kier molecular flexibility index (Phi) is 7.85. The summed E-state index contributed by atoms with van der Waals surface area (Å²) in [5.41, 5.74) is 1.03. The number of ether oxygens (including phenoxy) is 1. The van der Waals surface area contributed by atoms with Crippen LogP contribution in [0.2, 0.25) is 0 Å². The van der Waals surface area contributed by atoms with Gasteiger partial charge in [-0.3, -0.25) is 4.79 Å². The minimum absolute atomic E-state index is 0.0315. The number of carbonyl (C=O) groups excluding carboxylic acids is 1. The van der Waals surface area contributed by atoms with Gasteiger partial charge in [0.15, 0.2) is 6.61 Å². The zero-order valence-electron chi connectivity index (χ0n) is 11.8. The van der Waals surface area contributed by atoms with Gasteiger partial charge < -0.3 is 15.4 Å². The van der Waals surface area contributed by atoms with Crippen molar-refractivity contribution in [3.05, 3.63) is 29.8 Å². The zero-order chi connectivity index (χ0) is 14.6. The molecule has 0 unspecified atom stereocenters. The number of carbonyl (C=O) groups is 1. The van der Waals surface area contributed by atoms with Gasteiger partial charge in [-0.25, -0.2) is 0 Å². The normalized spacial score (nSPS) is 9.80. The Bertz CT molecular complexity index is 455. The van der Waals surface area contributed by atoms with Crippen molar-refractivity contribution in [3.8, 4) is 11.8 Å². The first-order valence-corrected chi connectivity index (χ1v) is 6.83. The first-order valence-electron chi connectivity index (χ1n) is 6.83. The predicted octanol–water partition coefficient (Wildman–Crippen LogP) is 1.59. The number of benzene rings is 1. The lowest BCUT2D eigenvalue weighted by atomic mass is 10.2. The molecule has 1 aromatic carbocycles. The van der Waals surface area contributed by atoms with E-state index < -0.39 is 0 Å². The number of nitrogens with zero attached hydrogens (tertiary/aromatic N) is 1. The van der Waals surface area contributed by atoms with Crippen LogP contribution in [0.1, 0.15) is 25.3 Å². The van der Waals surface area contributed by atoms with E-state index in [0.717, 1.165) is 25.1 Å². The average Bonchev–Trinajstić information content (AvgIpc) is 2.47. The number of para-hydroxylation sites is 1. The van der Waals surface area contributed by atoms with Crippen molar-refractivity contribution >= 4 is 5.91 Å². The maximum absolute atomic E-state index is 11.5. The highest BCUT2D eigenvalue weighted by molar-refractivity contribution is 5.77. The number of nitriles is 1. The molecule has 0 aliphatic carbocycles. The van der Waals surface area contributed by atoms with Gasteiger partial charge in [0.1, 0.15) is 5.75 Å². The first kappa shape index (κ1) is 16.0. The molecular weight excluding hydrogens is 254 g/mol. The summed E-state index contributed by atoms with van der Waals surface area (Å²) >= 11 is 0. The van der Waals surface area contributed by atoms with Gasteiger partial charge in [0, 0.05) is 18.7 Å². The van der Waals surface area contributed by atoms with Gasteiger partial charge in [-0.1, -0.05) is 25.1 Å². The molecule has 2 N–H and O–H groups in total. The number of rotatable bonds is 9. The van der Waals surface area contributed by atoms with Crippen molar-refractivity contribution in [3.63, 3.8) is 0 Å². The summed E-state index contributed by atoms with van der Waals surface area (Å²) in [7, 11) is 0. The highest BCUT2D eigenvalue weighted by Gasteiger charge is 2.05. The fourth-order valence-electron chi connectivity index (χ4n) is 1.64. The molecule has 20 heavy (non-hydrogen) atoms. The third-order valence-electron chi connectivity index (χ3n) is 2.63. The maximum Gasteiger partial charge on any atom is 0.257 e. The second kappa shape index (κ2) is 9.82. The quantitative estimate of drug-likeness (QED) is 0.671. The van der Waals surface area contributed by atoms with E-state index in [9.17, 15) is 4.79 Å². The molecule has 0 aliphatic rings. The summed E-state index contributed by atoms with van der Waals surface area (Å²) in [4.78, 5) is 11.5. The molecule has 0 radical (unpaired) electrons. The number of nitrogens with one attached hydrogen (secondary N) is 2. The van der Waals surface area contributed by atoms with Crippen molar-refractivity contribution in [2.45, 2.75) is 26.3 Å². The van der Waals surface area contributed by atoms with Gasteiger partial charge in [0.25, 0.3) is 5.91 Å². The van der Waals surface area contributed by atoms with Crippen LogP contribution in [0.25, 0.3) is 0 Å². The smallest absolute Gasteiger partial charge is 0.257 e. The standard InChI is InChI=1S/C15H21N3O2/c1-2-9-17-11-13-6-3-4-7-14(13)20-12-15(19)18-10-5-8-16/h3-4,6-7,17H,2,5,9-12H2,1H3,(H,18,19). The molecule has 0 fully saturated rings. The molecule has 0 aliphatic heterocycles. The molecule has 0 saturated heterocycles. The molecule has 1 amide bonds. The van der Waals surface area contributed by atoms with Gasteiger partial charge >= 0.3 is 0 Å². The van der Waals surface area contributed by atoms with Crippen LogP contribution in [0.3, 0.4) is 0 Å². The van der Waals surface area contributed by atoms with Crippen LogP contribution in [0.5, 0.6) is 5.75 Å². The fraction of sp³-hybridized carbons (Fsp3) is 0.467. The monoisotopic (exact) mass is 275 g/mol. The van der Waals surface area contributed by atoms with Crippen molar-refractivity contribution < 1.29 is 9.53 Å². The topological polar surface area (TPSA) is 74.2 Å². The SMILES string of the molecule is CCCNCc1ccccc1OCC(=O)NCCC#N. The van der Waals surface area contributed by atoms with E-state index in [1.54, 1.807) is 0 Å². The number of hydrogen-bond donors (Lipinski definition) is 2. The fourth-order valence-corrected chi connectivity index (χ4v) is 1.64. The largest absolute Gasteiger partial charge is 0.483 e. The van der Waals surface area contributed by atoms with Crippen LogP contribution in [-0.4, -0.2) is 25.6 Å². The molecule has 0 spiro atoms. The third kappa shape index (κ3) is 6.21. The molecule has 0 bridgehead atoms. The lowest BCUT2D eigenvalue weighted by Crippen LogP contribution is -2.29. The summed E-state index contributed by atoms with van der Waals surface area (Å²) in [6.07, 6.45) is 1.38. The van der Waals surface area contributed by atoms with E-state index in [0.29, 0.717) is 18.7 Å². The average molecular weight is 275 g/mol. The Balaban J connectivity index is 2.42. The molecule has 0 heterocycles. The van der Waals surface area contributed by atoms with Crippen LogP contribution in [0.15, 0.2) is 24.3 Å². The Morgan fingerprint density at radius 2 is 2.15 bits per heavy atom. The van der Waals surface area contributed by atoms with E-state index >= 15 is 0 Å². The molecule has 1 aromatic rings. The summed E-state index contributed by atoms with van der Waals surface area (Å²) in [6, 6.07) is 9.63. The lowest BCUT2D eigenvalue weighted by molar-refractivity contribution is -0.123. The van der Waals surface area contributed by atoms with Crippen molar-refractivity contribution in [2.24, 2.45) is 0 Å². The minimum Gasteiger partial charge on any atom is -0.483 e. The highest BCUT2D eigenvalue weighted by atomic mass is 16.5. The van der Waals surface area contributed by atoms with Crippen LogP contribution >= 0.6 is 0 Å². The molecule has 0 atom stereocenters. The molecule has 0 saturated carbocycles. The second-order valence-corrected chi connectivity index (χ2v) is 4.33. The van der Waals surface area contributed by atoms with E-state index in [1.807, 2.05) is 30.3 Å². The Hall–Kier alpha value is -2.06. The maximum atomic E-state index is 11.5. The second-order valence-electron chi connectivity index (χ2n) is 4.33. The van der Waals surface area contributed by atoms with Gasteiger partial charge in [0.05, 0.1) is 12.5 Å². The molecular formula is C15H21N3O2. The van der Waals surface area contributed by atoms with Crippen molar-refractivity contribution in [2.75, 3.05) is 19.7 Å². The summed E-state index contributed by atoms with van der Waals surface area (Å²) in [6.45, 7) is 4.11. The first-order chi connectivity index (χ1) is 9.77. The lowest BCUT2D eigenvalue weighted by Gasteiger charge is -2.11. The van der Waals surface area contributed by atoms with Crippen LogP contribution < -0.4 is 15.4 Å². The van der Waals surface area contributed by atoms with Crippen LogP contribution in [0, 0.1) is 11.3 Å². The highest BCUT2D eigenvalue weighted by Crippen LogP contribution is 2.17. The summed E-state index contributed by atoms with van der Waals surface area (Å²) in [5, 5.41) is 14.3. The van der Waals surface area contributed by atoms with Crippen molar-refractivity contribution in [1.82, 2.24) is 10.6 Å².